The molecule has 0 atom stereocenters. The number of hydrogen-bond donors (Lipinski definition) is 1. The summed E-state index contributed by atoms with van der Waals surface area (Å²) in [5.74, 6) is 1.00. The molecule has 6 heterocycles. The Kier molecular flexibility index (Phi) is 16.3. The minimum Gasteiger partial charge on any atom is -0.496 e. The zero-order chi connectivity index (χ0) is 57.5. The third-order valence-electron chi connectivity index (χ3n) is 13.9. The maximum Gasteiger partial charge on any atom is 0.229 e. The molecule has 15 heteroatoms. The van der Waals surface area contributed by atoms with Gasteiger partial charge in [0.1, 0.15) is 34.6 Å². The Balaban J connectivity index is 0.000000138. The Labute approximate surface area is 474 Å². The number of sulfonamides is 1. The Morgan fingerprint density at radius 2 is 0.756 bits per heavy atom. The van der Waals surface area contributed by atoms with Crippen LogP contribution in [0.4, 0.5) is 14.5 Å². The summed E-state index contributed by atoms with van der Waals surface area (Å²) in [6, 6.07) is 50.6. The number of aromatic nitrogens is 6. The first-order chi connectivity index (χ1) is 39.8. The molecule has 82 heavy (non-hydrogen) atoms. The maximum atomic E-state index is 14.3. The van der Waals surface area contributed by atoms with E-state index in [0.717, 1.165) is 106 Å². The van der Waals surface area contributed by atoms with Crippen molar-refractivity contribution in [3.63, 3.8) is 0 Å². The first-order valence-electron chi connectivity index (χ1n) is 26.0. The fourth-order valence-electron chi connectivity index (χ4n) is 10.2. The van der Waals surface area contributed by atoms with Crippen molar-refractivity contribution < 1.29 is 31.4 Å². The van der Waals surface area contributed by atoms with Gasteiger partial charge in [0.25, 0.3) is 0 Å². The summed E-state index contributed by atoms with van der Waals surface area (Å²) in [7, 11) is 1.62. The van der Waals surface area contributed by atoms with Gasteiger partial charge < -0.3 is 14.2 Å². The molecule has 0 spiro atoms. The lowest BCUT2D eigenvalue weighted by Crippen LogP contribution is -2.09. The predicted octanol–water partition coefficient (Wildman–Crippen LogP) is 15.5. The zero-order valence-electron chi connectivity index (χ0n) is 45.9. The van der Waals surface area contributed by atoms with Crippen LogP contribution in [0.1, 0.15) is 16.7 Å². The van der Waals surface area contributed by atoms with Crippen molar-refractivity contribution in [3.8, 4) is 84.4 Å². The number of halogens is 2. The van der Waals surface area contributed by atoms with Crippen molar-refractivity contribution in [2.75, 3.05) is 32.3 Å². The molecule has 12 aromatic rings. The second-order valence-electron chi connectivity index (χ2n) is 19.1. The van der Waals surface area contributed by atoms with Crippen LogP contribution < -0.4 is 18.9 Å². The molecule has 0 unspecified atom stereocenters. The number of nitrogens with zero attached hydrogens (tertiary/aromatic N) is 6. The number of rotatable bonds is 11. The highest BCUT2D eigenvalue weighted by Crippen LogP contribution is 2.41. The Morgan fingerprint density at radius 3 is 1.17 bits per heavy atom. The monoisotopic (exact) mass is 1110 g/mol. The second-order valence-corrected chi connectivity index (χ2v) is 20.9. The largest absolute Gasteiger partial charge is 0.496 e. The molecule has 12 nitrogen and oxygen atoms in total. The number of methoxy groups -OCH3 is 3. The van der Waals surface area contributed by atoms with Gasteiger partial charge in [-0.3, -0.25) is 34.6 Å². The van der Waals surface area contributed by atoms with E-state index in [1.54, 1.807) is 58.1 Å². The number of para-hydroxylation sites is 3. The number of ether oxygens (including phenoxy) is 3. The van der Waals surface area contributed by atoms with Gasteiger partial charge >= 0.3 is 0 Å². The van der Waals surface area contributed by atoms with Crippen LogP contribution in [0.25, 0.3) is 99.9 Å². The molecule has 1 N–H and O–H groups in total. The predicted molar refractivity (Wildman–Crippen MR) is 323 cm³/mol. The number of pyridine rings is 6. The fraction of sp³-hybridized carbons (Fsp3) is 0.104. The molecule has 408 valence electrons. The normalized spacial score (nSPS) is 11.1. The second kappa shape index (κ2) is 24.2. The minimum atomic E-state index is -3.34. The van der Waals surface area contributed by atoms with Crippen LogP contribution in [0, 0.1) is 32.4 Å². The number of anilines is 1. The van der Waals surface area contributed by atoms with Gasteiger partial charge in [-0.1, -0.05) is 84.9 Å². The molecule has 0 bridgehead atoms. The molecule has 0 amide bonds. The first kappa shape index (κ1) is 55.3. The van der Waals surface area contributed by atoms with Crippen LogP contribution in [0.3, 0.4) is 0 Å². The SMILES string of the molecule is COc1ccccc1-c1ccnc2c(-c3c(C)cccc3C)nccc12.COc1ccccc1-c1ccnc2c(-c3c(F)cccc3F)nccc12.COc1ccccc1-c1ccnc2c(-c3ccc(NS(C)(=O)=O)cc3C)nccc12. The summed E-state index contributed by atoms with van der Waals surface area (Å²) in [5, 5.41) is 2.78. The van der Waals surface area contributed by atoms with Gasteiger partial charge in [-0.2, -0.15) is 0 Å². The number of nitrogens with one attached hydrogen (secondary N) is 1. The minimum absolute atomic E-state index is 0.176. The summed E-state index contributed by atoms with van der Waals surface area (Å²) in [6.45, 7) is 6.16. The van der Waals surface area contributed by atoms with Crippen LogP contribution in [-0.2, 0) is 10.0 Å². The molecule has 12 rings (SSSR count). The molecule has 6 aromatic carbocycles. The first-order valence-corrected chi connectivity index (χ1v) is 27.9. The van der Waals surface area contributed by atoms with E-state index >= 15 is 0 Å². The van der Waals surface area contributed by atoms with Crippen LogP contribution in [0.2, 0.25) is 0 Å². The van der Waals surface area contributed by atoms with Crippen molar-refractivity contribution in [2.45, 2.75) is 20.8 Å². The third kappa shape index (κ3) is 11.4. The molecule has 0 radical (unpaired) electrons. The average molecular weight is 1110 g/mol. The molecule has 0 aliphatic carbocycles. The molecule has 0 aliphatic heterocycles. The van der Waals surface area contributed by atoms with E-state index in [2.05, 4.69) is 72.7 Å². The van der Waals surface area contributed by atoms with Gasteiger partial charge in [-0.05, 0) is 133 Å². The van der Waals surface area contributed by atoms with Crippen LogP contribution in [0.5, 0.6) is 17.2 Å². The van der Waals surface area contributed by atoms with E-state index in [-0.39, 0.29) is 11.3 Å². The van der Waals surface area contributed by atoms with Gasteiger partial charge in [0, 0.05) is 86.8 Å². The van der Waals surface area contributed by atoms with Crippen molar-refractivity contribution in [3.05, 3.63) is 229 Å². The highest BCUT2D eigenvalue weighted by molar-refractivity contribution is 7.92. The fourth-order valence-corrected chi connectivity index (χ4v) is 10.8. The van der Waals surface area contributed by atoms with Crippen molar-refractivity contribution >= 4 is 48.4 Å². The van der Waals surface area contributed by atoms with Crippen LogP contribution >= 0.6 is 0 Å². The highest BCUT2D eigenvalue weighted by atomic mass is 32.2. The average Bonchev–Trinajstić information content (AvgIpc) is 3.32. The van der Waals surface area contributed by atoms with E-state index in [9.17, 15) is 17.2 Å². The molecule has 0 fully saturated rings. The molecular weight excluding hydrogens is 1050 g/mol. The van der Waals surface area contributed by atoms with E-state index in [0.29, 0.717) is 17.0 Å². The van der Waals surface area contributed by atoms with E-state index in [1.165, 1.54) is 35.5 Å². The summed E-state index contributed by atoms with van der Waals surface area (Å²) in [4.78, 5) is 27.1. The Morgan fingerprint density at radius 1 is 0.378 bits per heavy atom. The van der Waals surface area contributed by atoms with E-state index < -0.39 is 21.7 Å². The number of hydrogen-bond acceptors (Lipinski definition) is 11. The summed E-state index contributed by atoms with van der Waals surface area (Å²) in [6.07, 6.45) is 11.5. The summed E-state index contributed by atoms with van der Waals surface area (Å²) < 4.78 is 70.7. The van der Waals surface area contributed by atoms with Crippen molar-refractivity contribution in [1.29, 1.82) is 0 Å². The lowest BCUT2D eigenvalue weighted by molar-refractivity contribution is 0.416. The van der Waals surface area contributed by atoms with Gasteiger partial charge in [-0.15, -0.1) is 0 Å². The Bertz CT molecular complexity index is 4250. The smallest absolute Gasteiger partial charge is 0.229 e. The maximum absolute atomic E-state index is 14.3. The topological polar surface area (TPSA) is 151 Å². The Hall–Kier alpha value is -9.99. The quantitative estimate of drug-likeness (QED) is 0.132. The summed E-state index contributed by atoms with van der Waals surface area (Å²) in [5.41, 5.74) is 15.5. The van der Waals surface area contributed by atoms with E-state index in [1.807, 2.05) is 122 Å². The van der Waals surface area contributed by atoms with Gasteiger partial charge in [0.05, 0.1) is 61.1 Å². The van der Waals surface area contributed by atoms with Crippen LogP contribution in [-0.4, -0.2) is 65.9 Å². The van der Waals surface area contributed by atoms with Gasteiger partial charge in [0.2, 0.25) is 10.0 Å². The van der Waals surface area contributed by atoms with Crippen molar-refractivity contribution in [2.24, 2.45) is 0 Å². The molecule has 0 saturated carbocycles. The third-order valence-corrected chi connectivity index (χ3v) is 14.5. The number of fused-ring (bicyclic) bond motifs is 3. The van der Waals surface area contributed by atoms with Gasteiger partial charge in [0.15, 0.2) is 0 Å². The van der Waals surface area contributed by atoms with Crippen LogP contribution in [0.15, 0.2) is 201 Å². The number of aryl methyl sites for hydroxylation is 3. The lowest BCUT2D eigenvalue weighted by Gasteiger charge is -2.14. The standard InChI is InChI=1S/C23H21N3O3S.C23H20N2O.C21H14F2N2O/c1-15-14-16(26-30(3,27)28)8-9-17(15)22-23-20(11-13-24-22)18(10-12-25-23)19-6-4-5-7-21(19)29-2;1-15-7-6-8-16(2)21(15)23-22-19(12-14-25-23)17(11-13-24-22)18-9-4-5-10-20(18)26-3;1-26-18-8-3-2-5-14(18)13-9-11-24-20-15(13)10-12-25-21(20)19-16(22)6-4-7-17(19)23/h4-14,26H,1-3H3;4-14H,1-3H3;2-12H,1H3. The molecular formula is C67H55F2N7O5S. The number of benzene rings is 6. The molecule has 6 aromatic heterocycles. The molecule has 0 saturated heterocycles. The molecule has 0 aliphatic rings. The van der Waals surface area contributed by atoms with Crippen molar-refractivity contribution in [1.82, 2.24) is 29.9 Å². The van der Waals surface area contributed by atoms with Gasteiger partial charge in [-0.25, -0.2) is 17.2 Å². The summed E-state index contributed by atoms with van der Waals surface area (Å²) >= 11 is 0. The zero-order valence-corrected chi connectivity index (χ0v) is 46.8. The highest BCUT2D eigenvalue weighted by Gasteiger charge is 2.20. The lowest BCUT2D eigenvalue weighted by atomic mass is 9.95. The van der Waals surface area contributed by atoms with E-state index in [4.69, 9.17) is 14.2 Å².